The van der Waals surface area contributed by atoms with Crippen molar-refractivity contribution in [2.45, 2.75) is 53.5 Å². The van der Waals surface area contributed by atoms with Gasteiger partial charge in [-0.3, -0.25) is 14.9 Å². The third-order valence-corrected chi connectivity index (χ3v) is 3.96. The molecule has 0 spiro atoms. The number of hydrogen-bond donors (Lipinski definition) is 2. The Bertz CT molecular complexity index is 589. The molecule has 0 fully saturated rings. The normalized spacial score (nSPS) is 12.8. The van der Waals surface area contributed by atoms with E-state index >= 15 is 0 Å². The maximum atomic E-state index is 12.4. The summed E-state index contributed by atoms with van der Waals surface area (Å²) in [5.41, 5.74) is 2.63. The molecule has 1 aromatic carbocycles. The zero-order chi connectivity index (χ0) is 18.5. The van der Waals surface area contributed by atoms with Gasteiger partial charge in [0, 0.05) is 5.69 Å². The minimum atomic E-state index is -0.547. The van der Waals surface area contributed by atoms with Crippen molar-refractivity contribution < 1.29 is 14.3 Å². The Balaban J connectivity index is 2.82. The van der Waals surface area contributed by atoms with E-state index in [-0.39, 0.29) is 23.8 Å². The van der Waals surface area contributed by atoms with Crippen LogP contribution in [-0.4, -0.2) is 31.6 Å². The summed E-state index contributed by atoms with van der Waals surface area (Å²) in [7, 11) is 1.35. The minimum Gasteiger partial charge on any atom is -0.468 e. The van der Waals surface area contributed by atoms with E-state index in [9.17, 15) is 9.59 Å². The molecule has 0 radical (unpaired) electrons. The van der Waals surface area contributed by atoms with E-state index in [0.717, 1.165) is 16.8 Å². The Morgan fingerprint density at radius 2 is 1.83 bits per heavy atom. The number of anilines is 1. The van der Waals surface area contributed by atoms with E-state index in [1.165, 1.54) is 7.11 Å². The molecule has 1 rings (SSSR count). The maximum Gasteiger partial charge on any atom is 0.323 e. The predicted octanol–water partition coefficient (Wildman–Crippen LogP) is 3.23. The molecule has 1 amide bonds. The molecule has 0 aliphatic heterocycles. The first-order valence-electron chi connectivity index (χ1n) is 8.28. The number of rotatable bonds is 6. The van der Waals surface area contributed by atoms with E-state index in [0.29, 0.717) is 5.92 Å². The van der Waals surface area contributed by atoms with Crippen molar-refractivity contribution in [3.8, 4) is 0 Å². The fraction of sp³-hybridized carbons (Fsp3) is 0.579. The average molecular weight is 334 g/mol. The molecule has 0 aliphatic carbocycles. The van der Waals surface area contributed by atoms with Crippen LogP contribution in [0.5, 0.6) is 0 Å². The summed E-state index contributed by atoms with van der Waals surface area (Å²) < 4.78 is 4.83. The van der Waals surface area contributed by atoms with Gasteiger partial charge in [0.15, 0.2) is 0 Å². The van der Waals surface area contributed by atoms with Gasteiger partial charge in [0.25, 0.3) is 0 Å². The van der Waals surface area contributed by atoms with Crippen LogP contribution in [0.4, 0.5) is 5.69 Å². The third kappa shape index (κ3) is 5.34. The minimum absolute atomic E-state index is 0.0445. The molecular formula is C19H30N2O3. The van der Waals surface area contributed by atoms with Crippen LogP contribution in [0.15, 0.2) is 18.2 Å². The molecule has 0 saturated carbocycles. The molecule has 1 unspecified atom stereocenters. The number of carbonyl (C=O) groups is 2. The first kappa shape index (κ1) is 20.2. The van der Waals surface area contributed by atoms with Gasteiger partial charge in [0.2, 0.25) is 5.91 Å². The summed E-state index contributed by atoms with van der Waals surface area (Å²) in [6, 6.07) is 5.44. The summed E-state index contributed by atoms with van der Waals surface area (Å²) >= 11 is 0. The lowest BCUT2D eigenvalue weighted by Gasteiger charge is -2.29. The van der Waals surface area contributed by atoms with Gasteiger partial charge in [-0.25, -0.2) is 0 Å². The van der Waals surface area contributed by atoms with Crippen molar-refractivity contribution >= 4 is 17.6 Å². The molecule has 24 heavy (non-hydrogen) atoms. The highest BCUT2D eigenvalue weighted by Crippen LogP contribution is 2.27. The molecule has 2 N–H and O–H groups in total. The van der Waals surface area contributed by atoms with Crippen LogP contribution in [-0.2, 0) is 14.3 Å². The lowest BCUT2D eigenvalue weighted by Crippen LogP contribution is -2.49. The van der Waals surface area contributed by atoms with Gasteiger partial charge in [-0.05, 0) is 29.4 Å². The molecule has 5 heteroatoms. The van der Waals surface area contributed by atoms with Crippen LogP contribution in [0.25, 0.3) is 0 Å². The zero-order valence-electron chi connectivity index (χ0n) is 15.8. The van der Waals surface area contributed by atoms with E-state index < -0.39 is 6.04 Å². The quantitative estimate of drug-likeness (QED) is 0.784. The Kier molecular flexibility index (Phi) is 6.96. The molecule has 0 saturated heterocycles. The molecule has 0 heterocycles. The summed E-state index contributed by atoms with van der Waals surface area (Å²) in [4.78, 5) is 24.3. The zero-order valence-corrected chi connectivity index (χ0v) is 15.8. The Morgan fingerprint density at radius 3 is 2.33 bits per heavy atom. The summed E-state index contributed by atoms with van der Waals surface area (Å²) in [5, 5.41) is 5.98. The number of ether oxygens (including phenoxy) is 1. The van der Waals surface area contributed by atoms with Crippen molar-refractivity contribution in [3.63, 3.8) is 0 Å². The van der Waals surface area contributed by atoms with Crippen LogP contribution in [0, 0.1) is 12.3 Å². The van der Waals surface area contributed by atoms with E-state index in [4.69, 9.17) is 4.74 Å². The van der Waals surface area contributed by atoms with E-state index in [1.807, 2.05) is 45.9 Å². The molecule has 0 aromatic heterocycles. The summed E-state index contributed by atoms with van der Waals surface area (Å²) in [6.07, 6.45) is 0. The molecule has 1 aromatic rings. The number of aryl methyl sites for hydroxylation is 1. The second kappa shape index (κ2) is 8.29. The molecular weight excluding hydrogens is 304 g/mol. The Hall–Kier alpha value is -1.88. The van der Waals surface area contributed by atoms with Gasteiger partial charge in [-0.2, -0.15) is 0 Å². The van der Waals surface area contributed by atoms with Crippen LogP contribution >= 0.6 is 0 Å². The fourth-order valence-corrected chi connectivity index (χ4v) is 2.58. The van der Waals surface area contributed by atoms with Crippen LogP contribution in [0.3, 0.4) is 0 Å². The largest absolute Gasteiger partial charge is 0.468 e. The Labute approximate surface area is 145 Å². The van der Waals surface area contributed by atoms with Crippen LogP contribution in [0.2, 0.25) is 0 Å². The van der Waals surface area contributed by atoms with E-state index in [2.05, 4.69) is 24.5 Å². The van der Waals surface area contributed by atoms with Gasteiger partial charge in [0.1, 0.15) is 6.04 Å². The number of methoxy groups -OCH3 is 1. The van der Waals surface area contributed by atoms with Crippen LogP contribution in [0.1, 0.15) is 51.7 Å². The number of para-hydroxylation sites is 1. The van der Waals surface area contributed by atoms with Crippen molar-refractivity contribution in [1.82, 2.24) is 5.32 Å². The van der Waals surface area contributed by atoms with Gasteiger partial charge >= 0.3 is 5.97 Å². The standard InChI is InChI=1S/C19H30N2O3/c1-12(2)14-10-8-9-13(3)16(14)21-15(22)11-20-17(18(23)24-7)19(4,5)6/h8-10,12,17,20H,11H2,1-7H3,(H,21,22). The number of hydrogen-bond acceptors (Lipinski definition) is 4. The van der Waals surface area contributed by atoms with Gasteiger partial charge < -0.3 is 10.1 Å². The molecule has 134 valence electrons. The lowest BCUT2D eigenvalue weighted by atomic mass is 9.87. The Morgan fingerprint density at radius 1 is 1.21 bits per heavy atom. The maximum absolute atomic E-state index is 12.4. The first-order valence-corrected chi connectivity index (χ1v) is 8.28. The second-order valence-corrected chi connectivity index (χ2v) is 7.45. The molecule has 5 nitrogen and oxygen atoms in total. The van der Waals surface area contributed by atoms with E-state index in [1.54, 1.807) is 0 Å². The summed E-state index contributed by atoms with van der Waals surface area (Å²) in [6.45, 7) is 12.0. The van der Waals surface area contributed by atoms with Crippen molar-refractivity contribution in [1.29, 1.82) is 0 Å². The second-order valence-electron chi connectivity index (χ2n) is 7.45. The average Bonchev–Trinajstić information content (AvgIpc) is 2.47. The highest BCUT2D eigenvalue weighted by molar-refractivity contribution is 5.94. The molecule has 1 atom stereocenters. The first-order chi connectivity index (χ1) is 11.1. The van der Waals surface area contributed by atoms with Crippen molar-refractivity contribution in [2.75, 3.05) is 19.0 Å². The molecule has 0 bridgehead atoms. The SMILES string of the molecule is COC(=O)C(NCC(=O)Nc1c(C)cccc1C(C)C)C(C)(C)C. The predicted molar refractivity (Wildman–Crippen MR) is 97.2 cm³/mol. The van der Waals surface area contributed by atoms with Gasteiger partial charge in [-0.1, -0.05) is 52.8 Å². The topological polar surface area (TPSA) is 67.4 Å². The smallest absolute Gasteiger partial charge is 0.323 e. The monoisotopic (exact) mass is 334 g/mol. The summed E-state index contributed by atoms with van der Waals surface area (Å²) in [5.74, 6) is -0.232. The number of nitrogens with one attached hydrogen (secondary N) is 2. The van der Waals surface area contributed by atoms with Crippen molar-refractivity contribution in [3.05, 3.63) is 29.3 Å². The third-order valence-electron chi connectivity index (χ3n) is 3.96. The highest BCUT2D eigenvalue weighted by Gasteiger charge is 2.32. The number of benzene rings is 1. The van der Waals surface area contributed by atoms with Crippen molar-refractivity contribution in [2.24, 2.45) is 5.41 Å². The number of amides is 1. The molecule has 0 aliphatic rings. The fourth-order valence-electron chi connectivity index (χ4n) is 2.58. The number of carbonyl (C=O) groups excluding carboxylic acids is 2. The van der Waals surface area contributed by atoms with Gasteiger partial charge in [0.05, 0.1) is 13.7 Å². The van der Waals surface area contributed by atoms with Crippen LogP contribution < -0.4 is 10.6 Å². The highest BCUT2D eigenvalue weighted by atomic mass is 16.5. The lowest BCUT2D eigenvalue weighted by molar-refractivity contribution is -0.146. The number of esters is 1. The van der Waals surface area contributed by atoms with Gasteiger partial charge in [-0.15, -0.1) is 0 Å².